The summed E-state index contributed by atoms with van der Waals surface area (Å²) >= 11 is 3.29. The van der Waals surface area contributed by atoms with Crippen LogP contribution < -0.4 is 5.32 Å². The minimum Gasteiger partial charge on any atom is -0.351 e. The predicted molar refractivity (Wildman–Crippen MR) is 88.4 cm³/mol. The van der Waals surface area contributed by atoms with E-state index in [1.165, 1.54) is 4.88 Å². The molecule has 0 aliphatic heterocycles. The monoisotopic (exact) mass is 323 g/mol. The fourth-order valence-electron chi connectivity index (χ4n) is 1.84. The summed E-state index contributed by atoms with van der Waals surface area (Å²) < 4.78 is 0. The molecule has 0 saturated carbocycles. The predicted octanol–water partition coefficient (Wildman–Crippen LogP) is 3.70. The van der Waals surface area contributed by atoms with Crippen LogP contribution in [-0.4, -0.2) is 22.4 Å². The molecule has 0 aliphatic carbocycles. The van der Waals surface area contributed by atoms with Gasteiger partial charge in [0.2, 0.25) is 0 Å². The van der Waals surface area contributed by atoms with Gasteiger partial charge in [-0.15, -0.1) is 22.7 Å². The van der Waals surface area contributed by atoms with Gasteiger partial charge in [-0.1, -0.05) is 13.8 Å². The Morgan fingerprint density at radius 3 is 2.67 bits per heavy atom. The molecule has 2 heterocycles. The zero-order valence-electron chi connectivity index (χ0n) is 12.9. The van der Waals surface area contributed by atoms with Gasteiger partial charge in [-0.2, -0.15) is 0 Å². The minimum absolute atomic E-state index is 0.0790. The Bertz CT molecular complexity index is 597. The molecule has 2 aromatic heterocycles. The summed E-state index contributed by atoms with van der Waals surface area (Å²) in [5.41, 5.74) is 1.65. The Morgan fingerprint density at radius 1 is 1.33 bits per heavy atom. The molecule has 0 fully saturated rings. The summed E-state index contributed by atoms with van der Waals surface area (Å²) in [5, 5.41) is 6.91. The number of hydrogen-bond acceptors (Lipinski definition) is 5. The van der Waals surface area contributed by atoms with Gasteiger partial charge in [0.25, 0.3) is 5.91 Å². The van der Waals surface area contributed by atoms with Gasteiger partial charge in [0.1, 0.15) is 5.69 Å². The van der Waals surface area contributed by atoms with Crippen molar-refractivity contribution in [2.45, 2.75) is 46.5 Å². The van der Waals surface area contributed by atoms with Gasteiger partial charge in [-0.3, -0.25) is 4.79 Å². The number of nitrogens with one attached hydrogen (secondary N) is 1. The normalized spacial score (nSPS) is 11.1. The van der Waals surface area contributed by atoms with Crippen molar-refractivity contribution in [2.75, 3.05) is 6.54 Å². The maximum absolute atomic E-state index is 12.0. The molecule has 0 radical (unpaired) electrons. The van der Waals surface area contributed by atoms with Gasteiger partial charge >= 0.3 is 0 Å². The summed E-state index contributed by atoms with van der Waals surface area (Å²) in [4.78, 5) is 22.1. The number of carbonyl (C=O) groups excluding carboxylic acids is 1. The minimum atomic E-state index is -0.0790. The number of hydrogen-bond donors (Lipinski definition) is 1. The van der Waals surface area contributed by atoms with E-state index in [9.17, 15) is 4.79 Å². The molecule has 0 spiro atoms. The first-order chi connectivity index (χ1) is 9.97. The maximum atomic E-state index is 12.0. The molecule has 4 nitrogen and oxygen atoms in total. The van der Waals surface area contributed by atoms with E-state index in [1.807, 2.05) is 12.3 Å². The third-order valence-electron chi connectivity index (χ3n) is 3.17. The van der Waals surface area contributed by atoms with Crippen molar-refractivity contribution in [1.29, 1.82) is 0 Å². The van der Waals surface area contributed by atoms with Gasteiger partial charge in [-0.05, 0) is 20.3 Å². The van der Waals surface area contributed by atoms with Gasteiger partial charge in [0, 0.05) is 29.1 Å². The largest absolute Gasteiger partial charge is 0.351 e. The lowest BCUT2D eigenvalue weighted by molar-refractivity contribution is 0.0948. The average molecular weight is 323 g/mol. The van der Waals surface area contributed by atoms with Crippen LogP contribution in [-0.2, 0) is 6.42 Å². The van der Waals surface area contributed by atoms with Crippen LogP contribution in [0.3, 0.4) is 0 Å². The molecule has 2 aromatic rings. The first-order valence-corrected chi connectivity index (χ1v) is 8.83. The van der Waals surface area contributed by atoms with E-state index in [-0.39, 0.29) is 5.91 Å². The second-order valence-corrected chi connectivity index (χ2v) is 7.51. The lowest BCUT2D eigenvalue weighted by Gasteiger charge is -2.02. The summed E-state index contributed by atoms with van der Waals surface area (Å²) in [7, 11) is 0. The summed E-state index contributed by atoms with van der Waals surface area (Å²) in [6, 6.07) is 0. The third kappa shape index (κ3) is 4.35. The van der Waals surface area contributed by atoms with E-state index in [2.05, 4.69) is 36.1 Å². The Kier molecular flexibility index (Phi) is 5.47. The van der Waals surface area contributed by atoms with E-state index in [0.29, 0.717) is 18.2 Å². The molecule has 21 heavy (non-hydrogen) atoms. The maximum Gasteiger partial charge on any atom is 0.270 e. The third-order valence-corrected chi connectivity index (χ3v) is 5.45. The quantitative estimate of drug-likeness (QED) is 0.825. The standard InChI is InChI=1S/C15H21N3OS2/c1-9(2)15-18-12(8-20-15)14(19)16-7-5-6-13-17-10(3)11(4)21-13/h8-9H,5-7H2,1-4H3,(H,16,19). The Morgan fingerprint density at radius 2 is 2.10 bits per heavy atom. The SMILES string of the molecule is Cc1nc(CCCNC(=O)c2csc(C(C)C)n2)sc1C. The Hall–Kier alpha value is -1.27. The van der Waals surface area contributed by atoms with Crippen molar-refractivity contribution in [3.8, 4) is 0 Å². The summed E-state index contributed by atoms with van der Waals surface area (Å²) in [5.74, 6) is 0.289. The van der Waals surface area contributed by atoms with Crippen molar-refractivity contribution in [2.24, 2.45) is 0 Å². The highest BCUT2D eigenvalue weighted by Gasteiger charge is 2.12. The van der Waals surface area contributed by atoms with Crippen LogP contribution in [0.2, 0.25) is 0 Å². The van der Waals surface area contributed by atoms with Crippen LogP contribution in [0.1, 0.15) is 57.3 Å². The number of nitrogens with zero attached hydrogens (tertiary/aromatic N) is 2. The van der Waals surface area contributed by atoms with E-state index in [4.69, 9.17) is 0 Å². The molecule has 1 amide bonds. The molecule has 114 valence electrons. The van der Waals surface area contributed by atoms with Crippen molar-refractivity contribution in [1.82, 2.24) is 15.3 Å². The van der Waals surface area contributed by atoms with E-state index < -0.39 is 0 Å². The number of thiazole rings is 2. The van der Waals surface area contributed by atoms with Crippen LogP contribution in [0.25, 0.3) is 0 Å². The van der Waals surface area contributed by atoms with E-state index in [1.54, 1.807) is 22.7 Å². The van der Waals surface area contributed by atoms with Gasteiger partial charge in [0.15, 0.2) is 0 Å². The molecule has 6 heteroatoms. The molecule has 0 atom stereocenters. The number of rotatable bonds is 6. The Balaban J connectivity index is 1.76. The Labute approximate surface area is 133 Å². The fourth-order valence-corrected chi connectivity index (χ4v) is 3.63. The highest BCUT2D eigenvalue weighted by molar-refractivity contribution is 7.11. The van der Waals surface area contributed by atoms with Crippen LogP contribution >= 0.6 is 22.7 Å². The lowest BCUT2D eigenvalue weighted by atomic mass is 10.2. The molecule has 0 bridgehead atoms. The summed E-state index contributed by atoms with van der Waals surface area (Å²) in [6.45, 7) is 8.95. The molecule has 1 N–H and O–H groups in total. The molecule has 0 aromatic carbocycles. The molecular weight excluding hydrogens is 302 g/mol. The van der Waals surface area contributed by atoms with Crippen LogP contribution in [0.4, 0.5) is 0 Å². The van der Waals surface area contributed by atoms with Gasteiger partial charge < -0.3 is 5.32 Å². The lowest BCUT2D eigenvalue weighted by Crippen LogP contribution is -2.25. The highest BCUT2D eigenvalue weighted by Crippen LogP contribution is 2.19. The second kappa shape index (κ2) is 7.13. The molecule has 0 saturated heterocycles. The second-order valence-electron chi connectivity index (χ2n) is 5.33. The van der Waals surface area contributed by atoms with Crippen LogP contribution in [0.15, 0.2) is 5.38 Å². The average Bonchev–Trinajstić information content (AvgIpc) is 3.03. The topological polar surface area (TPSA) is 54.9 Å². The first kappa shape index (κ1) is 16.1. The van der Waals surface area contributed by atoms with Crippen molar-refractivity contribution >= 4 is 28.6 Å². The first-order valence-electron chi connectivity index (χ1n) is 7.14. The highest BCUT2D eigenvalue weighted by atomic mass is 32.1. The van der Waals surface area contributed by atoms with Crippen molar-refractivity contribution < 1.29 is 4.79 Å². The number of aryl methyl sites for hydroxylation is 3. The number of amides is 1. The molecule has 0 aliphatic rings. The smallest absolute Gasteiger partial charge is 0.270 e. The fraction of sp³-hybridized carbons (Fsp3) is 0.533. The van der Waals surface area contributed by atoms with E-state index in [0.717, 1.165) is 28.6 Å². The van der Waals surface area contributed by atoms with Crippen LogP contribution in [0, 0.1) is 13.8 Å². The van der Waals surface area contributed by atoms with Crippen molar-refractivity contribution in [3.63, 3.8) is 0 Å². The van der Waals surface area contributed by atoms with Gasteiger partial charge in [0.05, 0.1) is 15.7 Å². The van der Waals surface area contributed by atoms with Crippen LogP contribution in [0.5, 0.6) is 0 Å². The number of carbonyl (C=O) groups is 1. The molecular formula is C15H21N3OS2. The van der Waals surface area contributed by atoms with Crippen molar-refractivity contribution in [3.05, 3.63) is 31.7 Å². The van der Waals surface area contributed by atoms with Gasteiger partial charge in [-0.25, -0.2) is 9.97 Å². The zero-order valence-corrected chi connectivity index (χ0v) is 14.5. The molecule has 0 unspecified atom stereocenters. The number of aromatic nitrogens is 2. The molecule has 2 rings (SSSR count). The zero-order chi connectivity index (χ0) is 15.4. The summed E-state index contributed by atoms with van der Waals surface area (Å²) in [6.07, 6.45) is 1.81. The van der Waals surface area contributed by atoms with E-state index >= 15 is 0 Å².